The standard InChI is InChI=1S/C31H32ClN5O2/c1-20-16-21(2)33-28(17-20)37-14-12-36(13-15-37)27-11-10-24(19-26(27)32)34-31(39)30(38)29-25(18-22(3)35(29)4)23-8-6-5-7-9-23/h5-11,16-19H,12-15H2,1-4H3,(H,34,39). The van der Waals surface area contributed by atoms with Gasteiger partial charge in [-0.05, 0) is 68.3 Å². The Hall–Kier alpha value is -4.10. The molecule has 0 radical (unpaired) electrons. The van der Waals surface area contributed by atoms with Crippen LogP contribution in [0.5, 0.6) is 0 Å². The van der Waals surface area contributed by atoms with Crippen molar-refractivity contribution in [1.82, 2.24) is 9.55 Å². The van der Waals surface area contributed by atoms with Gasteiger partial charge in [-0.15, -0.1) is 0 Å². The summed E-state index contributed by atoms with van der Waals surface area (Å²) in [6.45, 7) is 9.28. The van der Waals surface area contributed by atoms with E-state index < -0.39 is 11.7 Å². The summed E-state index contributed by atoms with van der Waals surface area (Å²) in [5, 5.41) is 3.27. The smallest absolute Gasteiger partial charge is 0.298 e. The first-order chi connectivity index (χ1) is 18.7. The number of hydrogen-bond acceptors (Lipinski definition) is 5. The number of nitrogens with zero attached hydrogens (tertiary/aromatic N) is 4. The third-order valence-corrected chi connectivity index (χ3v) is 7.52. The summed E-state index contributed by atoms with van der Waals surface area (Å²) >= 11 is 6.66. The summed E-state index contributed by atoms with van der Waals surface area (Å²) < 4.78 is 1.76. The fraction of sp³-hybridized carbons (Fsp3) is 0.258. The van der Waals surface area contributed by atoms with Gasteiger partial charge in [0, 0.05) is 55.9 Å². The quantitative estimate of drug-likeness (QED) is 0.246. The van der Waals surface area contributed by atoms with E-state index in [1.54, 1.807) is 23.7 Å². The van der Waals surface area contributed by atoms with E-state index >= 15 is 0 Å². The molecule has 2 aromatic carbocycles. The van der Waals surface area contributed by atoms with Crippen molar-refractivity contribution in [1.29, 1.82) is 0 Å². The van der Waals surface area contributed by atoms with Crippen LogP contribution in [0.25, 0.3) is 11.1 Å². The summed E-state index contributed by atoms with van der Waals surface area (Å²) in [7, 11) is 1.80. The van der Waals surface area contributed by atoms with Crippen molar-refractivity contribution < 1.29 is 9.59 Å². The van der Waals surface area contributed by atoms with Gasteiger partial charge >= 0.3 is 0 Å². The number of ketones is 1. The number of benzene rings is 2. The SMILES string of the molecule is Cc1cc(C)nc(N2CCN(c3ccc(NC(=O)C(=O)c4c(-c5ccccc5)cc(C)n4C)cc3Cl)CC2)c1. The molecule has 0 bridgehead atoms. The number of pyridine rings is 1. The number of hydrogen-bond donors (Lipinski definition) is 1. The number of Topliss-reactive ketones (excluding diaryl/α,β-unsaturated/α-hetero) is 1. The highest BCUT2D eigenvalue weighted by Crippen LogP contribution is 2.31. The molecular weight excluding hydrogens is 510 g/mol. The fourth-order valence-electron chi connectivity index (χ4n) is 5.14. The first kappa shape index (κ1) is 26.5. The zero-order valence-corrected chi connectivity index (χ0v) is 23.4. The molecule has 1 aliphatic heterocycles. The Morgan fingerprint density at radius 3 is 2.23 bits per heavy atom. The topological polar surface area (TPSA) is 70.5 Å². The van der Waals surface area contributed by atoms with Crippen LogP contribution >= 0.6 is 11.6 Å². The maximum atomic E-state index is 13.3. The molecule has 1 fully saturated rings. The van der Waals surface area contributed by atoms with E-state index in [9.17, 15) is 9.59 Å². The molecule has 0 saturated carbocycles. The molecule has 200 valence electrons. The lowest BCUT2D eigenvalue weighted by molar-refractivity contribution is -0.112. The van der Waals surface area contributed by atoms with Crippen molar-refractivity contribution in [2.75, 3.05) is 41.3 Å². The molecule has 0 unspecified atom stereocenters. The molecule has 5 rings (SSSR count). The molecule has 0 aliphatic carbocycles. The lowest BCUT2D eigenvalue weighted by atomic mass is 10.0. The Kier molecular flexibility index (Phi) is 7.44. The number of rotatable bonds is 6. The molecule has 2 aromatic heterocycles. The van der Waals surface area contributed by atoms with Crippen LogP contribution in [0.2, 0.25) is 5.02 Å². The van der Waals surface area contributed by atoms with Gasteiger partial charge in [0.25, 0.3) is 11.7 Å². The molecule has 4 aromatic rings. The van der Waals surface area contributed by atoms with E-state index in [0.29, 0.717) is 16.4 Å². The third kappa shape index (κ3) is 5.54. The highest BCUT2D eigenvalue weighted by Gasteiger charge is 2.26. The molecule has 1 amide bonds. The second kappa shape index (κ2) is 10.9. The second-order valence-electron chi connectivity index (χ2n) is 10.0. The molecule has 1 N–H and O–H groups in total. The van der Waals surface area contributed by atoms with Crippen LogP contribution in [-0.2, 0) is 11.8 Å². The van der Waals surface area contributed by atoms with E-state index in [-0.39, 0.29) is 0 Å². The zero-order valence-electron chi connectivity index (χ0n) is 22.7. The molecule has 7 nitrogen and oxygen atoms in total. The van der Waals surface area contributed by atoms with Gasteiger partial charge in [0.15, 0.2) is 0 Å². The van der Waals surface area contributed by atoms with Crippen LogP contribution in [0.15, 0.2) is 66.7 Å². The Balaban J connectivity index is 1.27. The monoisotopic (exact) mass is 541 g/mol. The van der Waals surface area contributed by atoms with Gasteiger partial charge in [0.2, 0.25) is 0 Å². The molecule has 3 heterocycles. The van der Waals surface area contributed by atoms with Gasteiger partial charge in [-0.1, -0.05) is 41.9 Å². The van der Waals surface area contributed by atoms with Gasteiger partial charge in [0.05, 0.1) is 10.7 Å². The third-order valence-electron chi connectivity index (χ3n) is 7.21. The summed E-state index contributed by atoms with van der Waals surface area (Å²) in [6.07, 6.45) is 0. The van der Waals surface area contributed by atoms with E-state index in [1.807, 2.05) is 56.3 Å². The first-order valence-corrected chi connectivity index (χ1v) is 13.4. The molecule has 39 heavy (non-hydrogen) atoms. The van der Waals surface area contributed by atoms with Crippen molar-refractivity contribution in [3.8, 4) is 11.1 Å². The number of halogens is 1. The van der Waals surface area contributed by atoms with Crippen molar-refractivity contribution in [2.45, 2.75) is 20.8 Å². The average molecular weight is 542 g/mol. The second-order valence-corrected chi connectivity index (χ2v) is 10.4. The number of carbonyl (C=O) groups excluding carboxylic acids is 2. The van der Waals surface area contributed by atoms with Crippen molar-refractivity contribution in [3.63, 3.8) is 0 Å². The van der Waals surface area contributed by atoms with Crippen LogP contribution in [0.4, 0.5) is 17.2 Å². The minimum Gasteiger partial charge on any atom is -0.367 e. The van der Waals surface area contributed by atoms with Gasteiger partial charge in [-0.2, -0.15) is 0 Å². The normalized spacial score (nSPS) is 13.5. The van der Waals surface area contributed by atoms with Crippen molar-refractivity contribution in [3.05, 3.63) is 94.4 Å². The van der Waals surface area contributed by atoms with Gasteiger partial charge in [-0.25, -0.2) is 4.98 Å². The summed E-state index contributed by atoms with van der Waals surface area (Å²) in [6, 6.07) is 21.1. The Morgan fingerprint density at radius 1 is 0.872 bits per heavy atom. The number of nitrogens with one attached hydrogen (secondary N) is 1. The number of carbonyl (C=O) groups is 2. The van der Waals surface area contributed by atoms with Crippen LogP contribution in [0, 0.1) is 20.8 Å². The Bertz CT molecular complexity index is 1520. The first-order valence-electron chi connectivity index (χ1n) is 13.0. The summed E-state index contributed by atoms with van der Waals surface area (Å²) in [5.74, 6) is -0.294. The van der Waals surface area contributed by atoms with Gasteiger partial charge in [0.1, 0.15) is 11.5 Å². The summed E-state index contributed by atoms with van der Waals surface area (Å²) in [5.41, 5.74) is 6.48. The van der Waals surface area contributed by atoms with E-state index in [1.165, 1.54) is 5.56 Å². The van der Waals surface area contributed by atoms with E-state index in [4.69, 9.17) is 11.6 Å². The van der Waals surface area contributed by atoms with Crippen molar-refractivity contribution >= 4 is 40.5 Å². The number of amides is 1. The number of aromatic nitrogens is 2. The maximum Gasteiger partial charge on any atom is 0.298 e. The predicted octanol–water partition coefficient (Wildman–Crippen LogP) is 5.81. The molecule has 1 saturated heterocycles. The van der Waals surface area contributed by atoms with Crippen LogP contribution in [0.1, 0.15) is 27.4 Å². The minimum atomic E-state index is -0.702. The lowest BCUT2D eigenvalue weighted by Crippen LogP contribution is -2.47. The predicted molar refractivity (Wildman–Crippen MR) is 158 cm³/mol. The van der Waals surface area contributed by atoms with Gasteiger partial charge in [-0.3, -0.25) is 9.59 Å². The number of anilines is 3. The number of aryl methyl sites for hydroxylation is 3. The number of piperazine rings is 1. The summed E-state index contributed by atoms with van der Waals surface area (Å²) in [4.78, 5) is 35.5. The van der Waals surface area contributed by atoms with Gasteiger partial charge < -0.3 is 19.7 Å². The molecule has 0 atom stereocenters. The molecule has 8 heteroatoms. The maximum absolute atomic E-state index is 13.3. The van der Waals surface area contributed by atoms with Crippen LogP contribution in [0.3, 0.4) is 0 Å². The highest BCUT2D eigenvalue weighted by atomic mass is 35.5. The fourth-order valence-corrected chi connectivity index (χ4v) is 5.44. The lowest BCUT2D eigenvalue weighted by Gasteiger charge is -2.37. The van der Waals surface area contributed by atoms with E-state index in [2.05, 4.69) is 39.2 Å². The van der Waals surface area contributed by atoms with Crippen LogP contribution < -0.4 is 15.1 Å². The van der Waals surface area contributed by atoms with E-state index in [0.717, 1.165) is 60.2 Å². The average Bonchev–Trinajstić information content (AvgIpc) is 3.22. The Labute approximate surface area is 234 Å². The van der Waals surface area contributed by atoms with Crippen molar-refractivity contribution in [2.24, 2.45) is 7.05 Å². The highest BCUT2D eigenvalue weighted by molar-refractivity contribution is 6.47. The molecular formula is C31H32ClN5O2. The zero-order chi connectivity index (χ0) is 27.7. The largest absolute Gasteiger partial charge is 0.367 e. The molecule has 1 aliphatic rings. The Morgan fingerprint density at radius 2 is 1.56 bits per heavy atom. The molecule has 0 spiro atoms. The minimum absolute atomic E-state index is 0.357. The van der Waals surface area contributed by atoms with Crippen LogP contribution in [-0.4, -0.2) is 47.4 Å².